The maximum absolute atomic E-state index is 12.8. The lowest BCUT2D eigenvalue weighted by molar-refractivity contribution is -0.139. The first kappa shape index (κ1) is 17.8. The number of carbonyl (C=O) groups excluding carboxylic acids is 1. The van der Waals surface area contributed by atoms with Gasteiger partial charge in [-0.25, -0.2) is 9.78 Å². The number of amides is 1. The molecule has 5 N–H and O–H groups in total. The Morgan fingerprint density at radius 3 is 2.79 bits per heavy atom. The van der Waals surface area contributed by atoms with Crippen molar-refractivity contribution >= 4 is 34.2 Å². The summed E-state index contributed by atoms with van der Waals surface area (Å²) in [6.07, 6.45) is 3.52. The number of carbonyl (C=O) groups is 2. The third-order valence-electron chi connectivity index (χ3n) is 4.33. The van der Waals surface area contributed by atoms with Crippen molar-refractivity contribution in [3.63, 3.8) is 0 Å². The van der Waals surface area contributed by atoms with Crippen LogP contribution in [0.2, 0.25) is 0 Å². The minimum absolute atomic E-state index is 0.0380. The van der Waals surface area contributed by atoms with E-state index in [1.165, 1.54) is 23.5 Å². The van der Waals surface area contributed by atoms with Crippen LogP contribution in [0.4, 0.5) is 0 Å². The van der Waals surface area contributed by atoms with E-state index >= 15 is 0 Å². The number of imidazole rings is 1. The third kappa shape index (κ3) is 3.35. The number of hydrogen-bond acceptors (Lipinski definition) is 5. The normalized spacial score (nSPS) is 12.1. The fourth-order valence-corrected chi connectivity index (χ4v) is 3.62. The van der Waals surface area contributed by atoms with Crippen molar-refractivity contribution in [2.24, 2.45) is 0 Å². The van der Waals surface area contributed by atoms with Crippen LogP contribution < -0.4 is 5.32 Å². The van der Waals surface area contributed by atoms with Crippen LogP contribution in [0.5, 0.6) is 5.75 Å². The lowest BCUT2D eigenvalue weighted by Crippen LogP contribution is -2.42. The van der Waals surface area contributed by atoms with Gasteiger partial charge >= 0.3 is 5.97 Å². The lowest BCUT2D eigenvalue weighted by atomic mass is 10.1. The highest BCUT2D eigenvalue weighted by Gasteiger charge is 2.24. The van der Waals surface area contributed by atoms with Crippen molar-refractivity contribution < 1.29 is 19.8 Å². The Hall–Kier alpha value is -3.59. The Labute approximate surface area is 162 Å². The molecule has 3 aromatic heterocycles. The maximum Gasteiger partial charge on any atom is 0.326 e. The molecule has 1 amide bonds. The smallest absolute Gasteiger partial charge is 0.326 e. The van der Waals surface area contributed by atoms with E-state index < -0.39 is 17.9 Å². The first-order valence-corrected chi connectivity index (χ1v) is 9.32. The van der Waals surface area contributed by atoms with Crippen LogP contribution in [-0.4, -0.2) is 43.1 Å². The lowest BCUT2D eigenvalue weighted by Gasteiger charge is -2.14. The molecule has 0 aliphatic rings. The molecule has 0 spiro atoms. The molecular weight excluding hydrogens is 380 g/mol. The summed E-state index contributed by atoms with van der Waals surface area (Å²) in [6.45, 7) is 0. The van der Waals surface area contributed by atoms with Gasteiger partial charge in [-0.3, -0.25) is 4.79 Å². The molecule has 0 aliphatic heterocycles. The first-order valence-electron chi connectivity index (χ1n) is 8.44. The van der Waals surface area contributed by atoms with Crippen molar-refractivity contribution in [1.29, 1.82) is 0 Å². The van der Waals surface area contributed by atoms with Gasteiger partial charge in [-0.1, -0.05) is 6.07 Å². The zero-order valence-electron chi connectivity index (χ0n) is 14.5. The number of aromatic amines is 2. The van der Waals surface area contributed by atoms with Gasteiger partial charge in [0.05, 0.1) is 10.4 Å². The molecule has 0 saturated heterocycles. The summed E-state index contributed by atoms with van der Waals surface area (Å²) >= 11 is 1.47. The Bertz CT molecular complexity index is 1130. The number of benzene rings is 1. The number of phenols is 1. The Kier molecular flexibility index (Phi) is 4.58. The van der Waals surface area contributed by atoms with Crippen molar-refractivity contribution in [2.75, 3.05) is 0 Å². The summed E-state index contributed by atoms with van der Waals surface area (Å²) in [7, 11) is 0. The van der Waals surface area contributed by atoms with Crippen LogP contribution in [0.25, 0.3) is 21.7 Å². The molecule has 142 valence electrons. The zero-order valence-corrected chi connectivity index (χ0v) is 15.3. The number of aliphatic carboxylic acids is 1. The highest BCUT2D eigenvalue weighted by atomic mass is 32.1. The van der Waals surface area contributed by atoms with Gasteiger partial charge in [0.15, 0.2) is 0 Å². The van der Waals surface area contributed by atoms with E-state index in [4.69, 9.17) is 0 Å². The molecule has 4 rings (SSSR count). The first-order chi connectivity index (χ1) is 13.5. The number of H-pyrrole nitrogens is 2. The van der Waals surface area contributed by atoms with Gasteiger partial charge in [-0.05, 0) is 35.2 Å². The third-order valence-corrected chi connectivity index (χ3v) is 5.20. The molecule has 1 atom stereocenters. The highest BCUT2D eigenvalue weighted by Crippen LogP contribution is 2.30. The SMILES string of the molecule is O=C(NC(Cc1cc[nH]c1)C(=O)O)c1ccc(O)c2[nH]c(-c3cccs3)nc12. The summed E-state index contributed by atoms with van der Waals surface area (Å²) in [6, 6.07) is 7.22. The number of hydrogen-bond donors (Lipinski definition) is 5. The van der Waals surface area contributed by atoms with E-state index in [1.807, 2.05) is 17.5 Å². The molecular formula is C19H16N4O4S. The Morgan fingerprint density at radius 1 is 1.25 bits per heavy atom. The summed E-state index contributed by atoms with van der Waals surface area (Å²) in [5.74, 6) is -1.21. The van der Waals surface area contributed by atoms with Gasteiger partial charge in [0, 0.05) is 18.8 Å². The highest BCUT2D eigenvalue weighted by molar-refractivity contribution is 7.13. The van der Waals surface area contributed by atoms with Crippen LogP contribution in [0.15, 0.2) is 48.1 Å². The Morgan fingerprint density at radius 2 is 2.11 bits per heavy atom. The molecule has 1 aromatic carbocycles. The maximum atomic E-state index is 12.8. The second kappa shape index (κ2) is 7.20. The topological polar surface area (TPSA) is 131 Å². The van der Waals surface area contributed by atoms with Gasteiger partial charge in [-0.2, -0.15) is 0 Å². The fraction of sp³-hybridized carbons (Fsp3) is 0.105. The molecule has 4 aromatic rings. The van der Waals surface area contributed by atoms with Gasteiger partial charge in [0.1, 0.15) is 28.6 Å². The average molecular weight is 396 g/mol. The van der Waals surface area contributed by atoms with Crippen LogP contribution >= 0.6 is 11.3 Å². The summed E-state index contributed by atoms with van der Waals surface area (Å²) in [5.41, 5.74) is 1.57. The second-order valence-corrected chi connectivity index (χ2v) is 7.15. The summed E-state index contributed by atoms with van der Waals surface area (Å²) < 4.78 is 0. The van der Waals surface area contributed by atoms with Gasteiger partial charge < -0.3 is 25.5 Å². The molecule has 0 radical (unpaired) electrons. The molecule has 0 saturated carbocycles. The minimum atomic E-state index is -1.13. The van der Waals surface area contributed by atoms with E-state index in [0.29, 0.717) is 11.3 Å². The summed E-state index contributed by atoms with van der Waals surface area (Å²) in [4.78, 5) is 35.6. The number of fused-ring (bicyclic) bond motifs is 1. The largest absolute Gasteiger partial charge is 0.506 e. The van der Waals surface area contributed by atoms with Crippen LogP contribution in [-0.2, 0) is 11.2 Å². The van der Waals surface area contributed by atoms with Crippen LogP contribution in [0.1, 0.15) is 15.9 Å². The van der Waals surface area contributed by atoms with Crippen molar-refractivity contribution in [1.82, 2.24) is 20.3 Å². The number of aromatic nitrogens is 3. The van der Waals surface area contributed by atoms with Crippen LogP contribution in [0.3, 0.4) is 0 Å². The van der Waals surface area contributed by atoms with Gasteiger partial charge in [-0.15, -0.1) is 11.3 Å². The second-order valence-electron chi connectivity index (χ2n) is 6.21. The van der Waals surface area contributed by atoms with E-state index in [-0.39, 0.29) is 23.3 Å². The standard InChI is InChI=1S/C19H16N4O4S/c24-13-4-3-11(15-16(13)23-17(22-15)14-2-1-7-28-14)18(25)21-12(19(26)27)8-10-5-6-20-9-10/h1-7,9,12,20,24H,8H2,(H,21,25)(H,22,23)(H,26,27). The number of rotatable bonds is 6. The average Bonchev–Trinajstić information content (AvgIpc) is 3.42. The Balaban J connectivity index is 1.66. The monoisotopic (exact) mass is 396 g/mol. The predicted molar refractivity (Wildman–Crippen MR) is 104 cm³/mol. The number of nitrogens with one attached hydrogen (secondary N) is 3. The van der Waals surface area contributed by atoms with E-state index in [9.17, 15) is 19.8 Å². The van der Waals surface area contributed by atoms with Crippen molar-refractivity contribution in [3.8, 4) is 16.5 Å². The molecule has 1 unspecified atom stereocenters. The number of thiophene rings is 1. The molecule has 8 nitrogen and oxygen atoms in total. The number of nitrogens with zero attached hydrogens (tertiary/aromatic N) is 1. The predicted octanol–water partition coefficient (Wildman–Crippen LogP) is 2.75. The minimum Gasteiger partial charge on any atom is -0.506 e. The summed E-state index contributed by atoms with van der Waals surface area (Å²) in [5, 5.41) is 24.0. The molecule has 0 bridgehead atoms. The number of aromatic hydroxyl groups is 1. The van der Waals surface area contributed by atoms with Crippen LogP contribution in [0, 0.1) is 0 Å². The van der Waals surface area contributed by atoms with Crippen molar-refractivity contribution in [3.05, 3.63) is 59.2 Å². The number of carboxylic acid groups (broad SMARTS) is 1. The molecule has 9 heteroatoms. The van der Waals surface area contributed by atoms with E-state index in [1.54, 1.807) is 18.5 Å². The number of phenolic OH excluding ortho intramolecular Hbond substituents is 1. The molecule has 0 aliphatic carbocycles. The van der Waals surface area contributed by atoms with Crippen molar-refractivity contribution in [2.45, 2.75) is 12.5 Å². The molecule has 3 heterocycles. The van der Waals surface area contributed by atoms with Gasteiger partial charge in [0.25, 0.3) is 5.91 Å². The van der Waals surface area contributed by atoms with E-state index in [2.05, 4.69) is 20.3 Å². The molecule has 28 heavy (non-hydrogen) atoms. The number of carboxylic acids is 1. The van der Waals surface area contributed by atoms with E-state index in [0.717, 1.165) is 10.4 Å². The fourth-order valence-electron chi connectivity index (χ4n) is 2.95. The quantitative estimate of drug-likeness (QED) is 0.342. The van der Waals surface area contributed by atoms with Gasteiger partial charge in [0.2, 0.25) is 0 Å². The molecule has 0 fully saturated rings. The zero-order chi connectivity index (χ0) is 19.7.